The van der Waals surface area contributed by atoms with Gasteiger partial charge in [0.25, 0.3) is 0 Å². The number of nitrogens with one attached hydrogen (secondary N) is 1. The van der Waals surface area contributed by atoms with Crippen molar-refractivity contribution >= 4 is 27.1 Å². The molecule has 2 aromatic rings. The van der Waals surface area contributed by atoms with Gasteiger partial charge in [-0.1, -0.05) is 0 Å². The van der Waals surface area contributed by atoms with Crippen molar-refractivity contribution < 1.29 is 0 Å². The van der Waals surface area contributed by atoms with Crippen LogP contribution in [0.25, 0.3) is 11.2 Å². The average molecular weight is 309 g/mol. The van der Waals surface area contributed by atoms with Gasteiger partial charge in [-0.15, -0.1) is 0 Å². The van der Waals surface area contributed by atoms with Crippen LogP contribution in [0.1, 0.15) is 18.7 Å². The van der Waals surface area contributed by atoms with Crippen LogP contribution in [0, 0.1) is 12.8 Å². The van der Waals surface area contributed by atoms with Crippen LogP contribution in [0.4, 0.5) is 0 Å². The van der Waals surface area contributed by atoms with E-state index in [0.717, 1.165) is 47.0 Å². The number of nitrogens with zero attached hydrogens (tertiary/aromatic N) is 3. The molecule has 96 valence electrons. The van der Waals surface area contributed by atoms with E-state index in [0.29, 0.717) is 0 Å². The average Bonchev–Trinajstić information content (AvgIpc) is 2.66. The summed E-state index contributed by atoms with van der Waals surface area (Å²) in [6.45, 7) is 5.37. The number of aromatic nitrogens is 3. The molecule has 18 heavy (non-hydrogen) atoms. The van der Waals surface area contributed by atoms with Crippen molar-refractivity contribution in [3.05, 3.63) is 22.6 Å². The molecule has 0 unspecified atom stereocenters. The highest BCUT2D eigenvalue weighted by atomic mass is 79.9. The lowest BCUT2D eigenvalue weighted by molar-refractivity contribution is 0.333. The molecule has 5 heteroatoms. The molecule has 3 heterocycles. The number of rotatable bonds is 2. The van der Waals surface area contributed by atoms with E-state index in [2.05, 4.69) is 42.7 Å². The zero-order valence-corrected chi connectivity index (χ0v) is 12.1. The molecule has 0 amide bonds. The molecule has 1 aliphatic rings. The van der Waals surface area contributed by atoms with Crippen molar-refractivity contribution in [2.75, 3.05) is 13.1 Å². The second-order valence-corrected chi connectivity index (χ2v) is 5.87. The molecule has 4 nitrogen and oxygen atoms in total. The molecular formula is C13H17BrN4. The minimum Gasteiger partial charge on any atom is -0.317 e. The summed E-state index contributed by atoms with van der Waals surface area (Å²) in [6, 6.07) is 2.04. The molecule has 0 atom stereocenters. The van der Waals surface area contributed by atoms with Crippen LogP contribution >= 0.6 is 15.9 Å². The SMILES string of the molecule is Cc1nc2cc(Br)cnc2n1CC1CCNCC1. The molecule has 1 saturated heterocycles. The summed E-state index contributed by atoms with van der Waals surface area (Å²) in [5, 5.41) is 3.41. The summed E-state index contributed by atoms with van der Waals surface area (Å²) >= 11 is 3.44. The number of hydrogen-bond donors (Lipinski definition) is 1. The molecule has 0 bridgehead atoms. The van der Waals surface area contributed by atoms with Crippen LogP contribution in [0.15, 0.2) is 16.7 Å². The number of pyridine rings is 1. The third kappa shape index (κ3) is 2.29. The summed E-state index contributed by atoms with van der Waals surface area (Å²) in [4.78, 5) is 9.10. The number of piperidine rings is 1. The van der Waals surface area contributed by atoms with Gasteiger partial charge in [-0.05, 0) is 60.8 Å². The molecule has 0 spiro atoms. The summed E-state index contributed by atoms with van der Waals surface area (Å²) in [7, 11) is 0. The number of aryl methyl sites for hydroxylation is 1. The molecule has 3 rings (SSSR count). The predicted molar refractivity (Wildman–Crippen MR) is 75.6 cm³/mol. The third-order valence-electron chi connectivity index (χ3n) is 3.64. The van der Waals surface area contributed by atoms with Crippen molar-refractivity contribution in [3.63, 3.8) is 0 Å². The van der Waals surface area contributed by atoms with Crippen LogP contribution in [0.5, 0.6) is 0 Å². The highest BCUT2D eigenvalue weighted by molar-refractivity contribution is 9.10. The quantitative estimate of drug-likeness (QED) is 0.927. The summed E-state index contributed by atoms with van der Waals surface area (Å²) in [5.74, 6) is 1.81. The van der Waals surface area contributed by atoms with Crippen LogP contribution in [-0.4, -0.2) is 27.6 Å². The van der Waals surface area contributed by atoms with Crippen LogP contribution < -0.4 is 5.32 Å². The summed E-state index contributed by atoms with van der Waals surface area (Å²) in [6.07, 6.45) is 4.34. The second kappa shape index (κ2) is 4.97. The minimum absolute atomic E-state index is 0.743. The van der Waals surface area contributed by atoms with E-state index < -0.39 is 0 Å². The first-order valence-corrected chi connectivity index (χ1v) is 7.22. The van der Waals surface area contributed by atoms with Gasteiger partial charge in [0.15, 0.2) is 5.65 Å². The largest absolute Gasteiger partial charge is 0.317 e. The highest BCUT2D eigenvalue weighted by Crippen LogP contribution is 2.21. The second-order valence-electron chi connectivity index (χ2n) is 4.96. The van der Waals surface area contributed by atoms with Gasteiger partial charge in [0.1, 0.15) is 11.3 Å². The molecule has 1 fully saturated rings. The molecule has 1 aliphatic heterocycles. The first-order chi connectivity index (χ1) is 8.74. The maximum atomic E-state index is 4.59. The fourth-order valence-electron chi connectivity index (χ4n) is 2.64. The van der Waals surface area contributed by atoms with Crippen molar-refractivity contribution in [2.24, 2.45) is 5.92 Å². The Hall–Kier alpha value is -0.940. The Bertz CT molecular complexity index is 557. The number of halogens is 1. The number of fused-ring (bicyclic) bond motifs is 1. The van der Waals surface area contributed by atoms with E-state index in [9.17, 15) is 0 Å². The zero-order valence-electron chi connectivity index (χ0n) is 10.5. The van der Waals surface area contributed by atoms with Gasteiger partial charge in [0.05, 0.1) is 0 Å². The molecule has 0 aliphatic carbocycles. The molecule has 0 aromatic carbocycles. The summed E-state index contributed by atoms with van der Waals surface area (Å²) in [5.41, 5.74) is 1.99. The van der Waals surface area contributed by atoms with Crippen molar-refractivity contribution in [2.45, 2.75) is 26.3 Å². The Balaban J connectivity index is 1.92. The van der Waals surface area contributed by atoms with E-state index >= 15 is 0 Å². The van der Waals surface area contributed by atoms with Crippen LogP contribution in [0.3, 0.4) is 0 Å². The summed E-state index contributed by atoms with van der Waals surface area (Å²) < 4.78 is 3.25. The van der Waals surface area contributed by atoms with E-state index in [1.54, 1.807) is 0 Å². The van der Waals surface area contributed by atoms with Gasteiger partial charge in [-0.2, -0.15) is 0 Å². The minimum atomic E-state index is 0.743. The van der Waals surface area contributed by atoms with Gasteiger partial charge in [-0.3, -0.25) is 0 Å². The van der Waals surface area contributed by atoms with Gasteiger partial charge < -0.3 is 9.88 Å². The topological polar surface area (TPSA) is 42.7 Å². The molecule has 1 N–H and O–H groups in total. The molecular weight excluding hydrogens is 292 g/mol. The Kier molecular flexibility index (Phi) is 3.35. The van der Waals surface area contributed by atoms with Gasteiger partial charge in [-0.25, -0.2) is 9.97 Å². The van der Waals surface area contributed by atoms with E-state index in [1.165, 1.54) is 12.8 Å². The Morgan fingerprint density at radius 1 is 1.44 bits per heavy atom. The maximum Gasteiger partial charge on any atom is 0.160 e. The lowest BCUT2D eigenvalue weighted by atomic mass is 9.98. The maximum absolute atomic E-state index is 4.59. The molecule has 0 radical (unpaired) electrons. The normalized spacial score (nSPS) is 17.4. The lowest BCUT2D eigenvalue weighted by Gasteiger charge is -2.23. The zero-order chi connectivity index (χ0) is 12.5. The van der Waals surface area contributed by atoms with Crippen molar-refractivity contribution in [1.82, 2.24) is 19.9 Å². The Morgan fingerprint density at radius 2 is 2.22 bits per heavy atom. The van der Waals surface area contributed by atoms with Gasteiger partial charge in [0.2, 0.25) is 0 Å². The first-order valence-electron chi connectivity index (χ1n) is 6.43. The fraction of sp³-hybridized carbons (Fsp3) is 0.538. The standard InChI is InChI=1S/C13H17BrN4/c1-9-17-12-6-11(14)7-16-13(12)18(9)8-10-2-4-15-5-3-10/h6-7,10,15H,2-5,8H2,1H3. The lowest BCUT2D eigenvalue weighted by Crippen LogP contribution is -2.30. The molecule has 0 saturated carbocycles. The predicted octanol–water partition coefficient (Wildman–Crippen LogP) is 2.50. The van der Waals surface area contributed by atoms with Gasteiger partial charge >= 0.3 is 0 Å². The van der Waals surface area contributed by atoms with Crippen molar-refractivity contribution in [1.29, 1.82) is 0 Å². The Morgan fingerprint density at radius 3 is 3.00 bits per heavy atom. The first kappa shape index (κ1) is 12.1. The fourth-order valence-corrected chi connectivity index (χ4v) is 2.96. The number of imidazole rings is 1. The van der Waals surface area contributed by atoms with Gasteiger partial charge in [0, 0.05) is 17.2 Å². The monoisotopic (exact) mass is 308 g/mol. The van der Waals surface area contributed by atoms with Crippen LogP contribution in [0.2, 0.25) is 0 Å². The molecule has 2 aromatic heterocycles. The third-order valence-corrected chi connectivity index (χ3v) is 4.08. The van der Waals surface area contributed by atoms with E-state index in [4.69, 9.17) is 0 Å². The number of hydrogen-bond acceptors (Lipinski definition) is 3. The van der Waals surface area contributed by atoms with E-state index in [1.807, 2.05) is 12.3 Å². The smallest absolute Gasteiger partial charge is 0.160 e. The van der Waals surface area contributed by atoms with Crippen molar-refractivity contribution in [3.8, 4) is 0 Å². The van der Waals surface area contributed by atoms with E-state index in [-0.39, 0.29) is 0 Å². The highest BCUT2D eigenvalue weighted by Gasteiger charge is 2.17. The van der Waals surface area contributed by atoms with Crippen LogP contribution in [-0.2, 0) is 6.54 Å². The Labute approximate surface area is 115 Å².